The van der Waals surface area contributed by atoms with Gasteiger partial charge in [-0.2, -0.15) is 0 Å². The quantitative estimate of drug-likeness (QED) is 0.741. The summed E-state index contributed by atoms with van der Waals surface area (Å²) in [4.78, 5) is 22.2. The average Bonchev–Trinajstić information content (AvgIpc) is 2.49. The van der Waals surface area contributed by atoms with Gasteiger partial charge in [0, 0.05) is 0 Å². The molecule has 1 aliphatic heterocycles. The molecule has 90 valence electrons. The number of amides is 1. The number of benzene rings is 1. The summed E-state index contributed by atoms with van der Waals surface area (Å²) in [5, 5.41) is 0. The molecule has 0 saturated heterocycles. The third kappa shape index (κ3) is 2.01. The number of sulfonamides is 1. The van der Waals surface area contributed by atoms with Crippen molar-refractivity contribution >= 4 is 21.9 Å². The van der Waals surface area contributed by atoms with Gasteiger partial charge in [0.05, 0.1) is 19.1 Å². The van der Waals surface area contributed by atoms with E-state index in [1.807, 2.05) is 4.72 Å². The fourth-order valence-electron chi connectivity index (χ4n) is 1.56. The summed E-state index contributed by atoms with van der Waals surface area (Å²) < 4.78 is 29.4. The summed E-state index contributed by atoms with van der Waals surface area (Å²) in [7, 11) is -2.52. The molecule has 1 amide bonds. The van der Waals surface area contributed by atoms with Crippen molar-refractivity contribution in [3.05, 3.63) is 29.3 Å². The second kappa shape index (κ2) is 3.85. The number of rotatable bonds is 2. The van der Waals surface area contributed by atoms with Gasteiger partial charge in [0.1, 0.15) is 4.90 Å². The van der Waals surface area contributed by atoms with Crippen molar-refractivity contribution in [2.45, 2.75) is 11.3 Å². The first-order valence-corrected chi connectivity index (χ1v) is 6.19. The lowest BCUT2D eigenvalue weighted by Gasteiger charge is -2.01. The van der Waals surface area contributed by atoms with Gasteiger partial charge in [-0.15, -0.1) is 0 Å². The lowest BCUT2D eigenvalue weighted by atomic mass is 10.1. The minimum atomic E-state index is -3.77. The summed E-state index contributed by atoms with van der Waals surface area (Å²) in [6.45, 7) is 0. The van der Waals surface area contributed by atoms with Gasteiger partial charge in [-0.3, -0.25) is 9.59 Å². The Balaban J connectivity index is 2.45. The average molecular weight is 255 g/mol. The van der Waals surface area contributed by atoms with Crippen molar-refractivity contribution in [1.82, 2.24) is 4.72 Å². The number of methoxy groups -OCH3 is 1. The molecule has 17 heavy (non-hydrogen) atoms. The Kier molecular flexibility index (Phi) is 2.62. The molecule has 1 aromatic rings. The SMILES string of the molecule is COC(=O)Cc1ccc2c(c1)S(=O)(=O)NC2=O. The third-order valence-electron chi connectivity index (χ3n) is 2.38. The number of hydrogen-bond acceptors (Lipinski definition) is 5. The summed E-state index contributed by atoms with van der Waals surface area (Å²) in [6, 6.07) is 4.21. The molecule has 1 aliphatic rings. The van der Waals surface area contributed by atoms with E-state index in [2.05, 4.69) is 4.74 Å². The molecule has 1 N–H and O–H groups in total. The van der Waals surface area contributed by atoms with E-state index >= 15 is 0 Å². The van der Waals surface area contributed by atoms with Gasteiger partial charge in [-0.25, -0.2) is 13.1 Å². The van der Waals surface area contributed by atoms with E-state index in [1.165, 1.54) is 25.3 Å². The Hall–Kier alpha value is -1.89. The molecule has 0 spiro atoms. The molecular weight excluding hydrogens is 246 g/mol. The summed E-state index contributed by atoms with van der Waals surface area (Å²) in [6.07, 6.45) is -0.0342. The van der Waals surface area contributed by atoms with Crippen molar-refractivity contribution in [1.29, 1.82) is 0 Å². The van der Waals surface area contributed by atoms with E-state index < -0.39 is 21.9 Å². The molecule has 0 aliphatic carbocycles. The maximum Gasteiger partial charge on any atom is 0.309 e. The first-order valence-electron chi connectivity index (χ1n) is 4.71. The molecule has 0 fully saturated rings. The lowest BCUT2D eigenvalue weighted by Crippen LogP contribution is -2.20. The van der Waals surface area contributed by atoms with E-state index in [0.717, 1.165) is 0 Å². The molecule has 1 heterocycles. The Bertz CT molecular complexity index is 605. The minimum Gasteiger partial charge on any atom is -0.469 e. The lowest BCUT2D eigenvalue weighted by molar-refractivity contribution is -0.139. The molecule has 6 nitrogen and oxygen atoms in total. The van der Waals surface area contributed by atoms with Crippen molar-refractivity contribution in [2.75, 3.05) is 7.11 Å². The second-order valence-electron chi connectivity index (χ2n) is 3.52. The highest BCUT2D eigenvalue weighted by molar-refractivity contribution is 7.90. The van der Waals surface area contributed by atoms with Crippen LogP contribution in [-0.2, 0) is 26.0 Å². The van der Waals surface area contributed by atoms with Gasteiger partial charge >= 0.3 is 5.97 Å². The van der Waals surface area contributed by atoms with Crippen LogP contribution in [0.2, 0.25) is 0 Å². The number of hydrogen-bond donors (Lipinski definition) is 1. The first kappa shape index (κ1) is 11.6. The van der Waals surface area contributed by atoms with Crippen molar-refractivity contribution < 1.29 is 22.7 Å². The normalized spacial score (nSPS) is 16.2. The minimum absolute atomic E-state index is 0.0342. The molecule has 0 aromatic heterocycles. The topological polar surface area (TPSA) is 89.5 Å². The number of carbonyl (C=O) groups excluding carboxylic acids is 2. The van der Waals surface area contributed by atoms with E-state index in [4.69, 9.17) is 0 Å². The summed E-state index contributed by atoms with van der Waals surface area (Å²) >= 11 is 0. The largest absolute Gasteiger partial charge is 0.469 e. The van der Waals surface area contributed by atoms with Crippen LogP contribution in [0.4, 0.5) is 0 Å². The maximum absolute atomic E-state index is 11.5. The maximum atomic E-state index is 11.5. The molecule has 0 atom stereocenters. The number of fused-ring (bicyclic) bond motifs is 1. The smallest absolute Gasteiger partial charge is 0.309 e. The number of ether oxygens (including phenoxy) is 1. The van der Waals surface area contributed by atoms with Gasteiger partial charge in [0.25, 0.3) is 15.9 Å². The van der Waals surface area contributed by atoms with Gasteiger partial charge in [0.2, 0.25) is 0 Å². The number of carbonyl (C=O) groups is 2. The van der Waals surface area contributed by atoms with E-state index in [0.29, 0.717) is 5.56 Å². The van der Waals surface area contributed by atoms with Crippen LogP contribution in [-0.4, -0.2) is 27.4 Å². The van der Waals surface area contributed by atoms with Crippen molar-refractivity contribution in [3.63, 3.8) is 0 Å². The van der Waals surface area contributed by atoms with Crippen LogP contribution < -0.4 is 4.72 Å². The zero-order valence-electron chi connectivity index (χ0n) is 8.89. The molecule has 2 rings (SSSR count). The zero-order valence-corrected chi connectivity index (χ0v) is 9.71. The van der Waals surface area contributed by atoms with Crippen LogP contribution in [0, 0.1) is 0 Å². The highest BCUT2D eigenvalue weighted by Gasteiger charge is 2.32. The molecule has 0 unspecified atom stereocenters. The Labute approximate surface area is 97.6 Å². The Morgan fingerprint density at radius 1 is 1.41 bits per heavy atom. The van der Waals surface area contributed by atoms with Crippen LogP contribution in [0.3, 0.4) is 0 Å². The first-order chi connectivity index (χ1) is 7.94. The predicted octanol–water partition coefficient (Wildman–Crippen LogP) is -0.166. The molecule has 0 bridgehead atoms. The highest BCUT2D eigenvalue weighted by Crippen LogP contribution is 2.23. The van der Waals surface area contributed by atoms with E-state index in [1.54, 1.807) is 0 Å². The zero-order chi connectivity index (χ0) is 12.6. The fourth-order valence-corrected chi connectivity index (χ4v) is 2.78. The highest BCUT2D eigenvalue weighted by atomic mass is 32.2. The number of esters is 1. The second-order valence-corrected chi connectivity index (χ2v) is 5.17. The van der Waals surface area contributed by atoms with Gasteiger partial charge in [0.15, 0.2) is 0 Å². The summed E-state index contributed by atoms with van der Waals surface area (Å²) in [5.74, 6) is -1.12. The van der Waals surface area contributed by atoms with Crippen LogP contribution >= 0.6 is 0 Å². The molecule has 0 saturated carbocycles. The van der Waals surface area contributed by atoms with Crippen molar-refractivity contribution in [2.24, 2.45) is 0 Å². The van der Waals surface area contributed by atoms with E-state index in [-0.39, 0.29) is 16.9 Å². The Morgan fingerprint density at radius 2 is 2.12 bits per heavy atom. The molecule has 0 radical (unpaired) electrons. The standard InChI is InChI=1S/C10H9NO5S/c1-16-9(12)5-6-2-3-7-8(4-6)17(14,15)11-10(7)13/h2-4H,5H2,1H3,(H,11,13). The van der Waals surface area contributed by atoms with Crippen LogP contribution in [0.5, 0.6) is 0 Å². The predicted molar refractivity (Wildman–Crippen MR) is 56.8 cm³/mol. The molecule has 7 heteroatoms. The summed E-state index contributed by atoms with van der Waals surface area (Å²) in [5.41, 5.74) is 0.578. The van der Waals surface area contributed by atoms with Crippen LogP contribution in [0.1, 0.15) is 15.9 Å². The third-order valence-corrected chi connectivity index (χ3v) is 3.75. The van der Waals surface area contributed by atoms with Crippen LogP contribution in [0.15, 0.2) is 23.1 Å². The van der Waals surface area contributed by atoms with Gasteiger partial charge in [-0.05, 0) is 17.7 Å². The molecular formula is C10H9NO5S. The molecule has 1 aromatic carbocycles. The monoisotopic (exact) mass is 255 g/mol. The van der Waals surface area contributed by atoms with E-state index in [9.17, 15) is 18.0 Å². The van der Waals surface area contributed by atoms with Crippen LogP contribution in [0.25, 0.3) is 0 Å². The number of nitrogens with one attached hydrogen (secondary N) is 1. The fraction of sp³-hybridized carbons (Fsp3) is 0.200. The van der Waals surface area contributed by atoms with Gasteiger partial charge < -0.3 is 4.74 Å². The Morgan fingerprint density at radius 3 is 2.76 bits per heavy atom. The van der Waals surface area contributed by atoms with Gasteiger partial charge in [-0.1, -0.05) is 6.07 Å². The van der Waals surface area contributed by atoms with Crippen molar-refractivity contribution in [3.8, 4) is 0 Å².